The maximum Gasteiger partial charge on any atom is 0.282 e. The molecule has 0 saturated carbocycles. The van der Waals surface area contributed by atoms with Crippen LogP contribution < -0.4 is 10.4 Å². The van der Waals surface area contributed by atoms with Gasteiger partial charge in [0.25, 0.3) is 11.8 Å². The molecular formula is C20H13ClN2O3. The summed E-state index contributed by atoms with van der Waals surface area (Å²) in [6.45, 7) is 0. The summed E-state index contributed by atoms with van der Waals surface area (Å²) in [7, 11) is 0. The molecule has 0 spiro atoms. The summed E-state index contributed by atoms with van der Waals surface area (Å²) < 4.78 is 5.74. The molecule has 4 rings (SSSR count). The van der Waals surface area contributed by atoms with Crippen molar-refractivity contribution in [2.45, 2.75) is 0 Å². The number of nitrogens with zero attached hydrogens (tertiary/aromatic N) is 1. The second-order valence-electron chi connectivity index (χ2n) is 5.69. The first-order valence-corrected chi connectivity index (χ1v) is 8.27. The van der Waals surface area contributed by atoms with Crippen LogP contribution in [0.1, 0.15) is 5.76 Å². The fraction of sp³-hybridized carbons (Fsp3) is 0. The number of carbonyl (C=O) groups excluding carboxylic acids is 2. The second-order valence-corrected chi connectivity index (χ2v) is 6.12. The predicted octanol–water partition coefficient (Wildman–Crippen LogP) is 4.06. The Balaban J connectivity index is 1.63. The van der Waals surface area contributed by atoms with Crippen LogP contribution in [-0.2, 0) is 9.59 Å². The number of carbonyl (C=O) groups is 2. The molecule has 0 atom stereocenters. The molecular weight excluding hydrogens is 352 g/mol. The van der Waals surface area contributed by atoms with Gasteiger partial charge in [-0.15, -0.1) is 0 Å². The van der Waals surface area contributed by atoms with Crippen LogP contribution in [0.5, 0.6) is 0 Å². The van der Waals surface area contributed by atoms with Gasteiger partial charge in [-0.1, -0.05) is 41.9 Å². The van der Waals surface area contributed by atoms with Gasteiger partial charge in [0.2, 0.25) is 0 Å². The van der Waals surface area contributed by atoms with Gasteiger partial charge < -0.3 is 4.42 Å². The quantitative estimate of drug-likeness (QED) is 0.563. The number of hydrogen-bond acceptors (Lipinski definition) is 3. The number of hydrogen-bond donors (Lipinski definition) is 1. The van der Waals surface area contributed by atoms with E-state index in [0.29, 0.717) is 22.2 Å². The summed E-state index contributed by atoms with van der Waals surface area (Å²) in [5, 5.41) is 1.82. The molecule has 2 heterocycles. The molecule has 5 nitrogen and oxygen atoms in total. The molecule has 0 unspecified atom stereocenters. The first-order valence-electron chi connectivity index (χ1n) is 7.90. The third kappa shape index (κ3) is 3.00. The van der Waals surface area contributed by atoms with E-state index in [2.05, 4.69) is 5.43 Å². The highest BCUT2D eigenvalue weighted by Crippen LogP contribution is 2.27. The number of halogens is 1. The maximum absolute atomic E-state index is 12.6. The van der Waals surface area contributed by atoms with Crippen molar-refractivity contribution in [3.05, 3.63) is 83.1 Å². The van der Waals surface area contributed by atoms with Crippen molar-refractivity contribution in [2.24, 2.45) is 0 Å². The Kier molecular flexibility index (Phi) is 4.07. The van der Waals surface area contributed by atoms with Gasteiger partial charge in [0.1, 0.15) is 17.1 Å². The molecule has 2 amide bonds. The molecule has 26 heavy (non-hydrogen) atoms. The summed E-state index contributed by atoms with van der Waals surface area (Å²) in [6.07, 6.45) is 1.44. The van der Waals surface area contributed by atoms with E-state index in [1.807, 2.05) is 18.2 Å². The Bertz CT molecular complexity index is 1020. The van der Waals surface area contributed by atoms with Gasteiger partial charge in [0.05, 0.1) is 5.69 Å². The first kappa shape index (κ1) is 16.2. The van der Waals surface area contributed by atoms with E-state index in [9.17, 15) is 9.59 Å². The lowest BCUT2D eigenvalue weighted by molar-refractivity contribution is -0.117. The Hall–Kier alpha value is -3.31. The van der Waals surface area contributed by atoms with Crippen LogP contribution in [0.2, 0.25) is 5.02 Å². The molecule has 1 saturated heterocycles. The molecule has 0 radical (unpaired) electrons. The second kappa shape index (κ2) is 6.54. The fourth-order valence-electron chi connectivity index (χ4n) is 2.69. The van der Waals surface area contributed by atoms with E-state index in [4.69, 9.17) is 16.0 Å². The van der Waals surface area contributed by atoms with Crippen molar-refractivity contribution in [1.82, 2.24) is 5.43 Å². The number of rotatable bonds is 3. The SMILES string of the molecule is O=C1NN(c2ccccc2)C(=O)/C1=C\c1ccc(-c2cccc(Cl)c2)o1. The Labute approximate surface area is 154 Å². The molecule has 1 N–H and O–H groups in total. The minimum absolute atomic E-state index is 0.0147. The maximum atomic E-state index is 12.6. The van der Waals surface area contributed by atoms with Gasteiger partial charge in [-0.2, -0.15) is 0 Å². The van der Waals surface area contributed by atoms with Crippen LogP contribution in [0.4, 0.5) is 5.69 Å². The van der Waals surface area contributed by atoms with Crippen molar-refractivity contribution in [3.63, 3.8) is 0 Å². The lowest BCUT2D eigenvalue weighted by Gasteiger charge is -2.13. The molecule has 1 fully saturated rings. The van der Waals surface area contributed by atoms with Crippen molar-refractivity contribution in [2.75, 3.05) is 5.01 Å². The molecule has 6 heteroatoms. The van der Waals surface area contributed by atoms with Crippen LogP contribution in [-0.4, -0.2) is 11.8 Å². The summed E-state index contributed by atoms with van der Waals surface area (Å²) in [4.78, 5) is 24.8. The smallest absolute Gasteiger partial charge is 0.282 e. The lowest BCUT2D eigenvalue weighted by Crippen LogP contribution is -2.35. The third-order valence-corrected chi connectivity index (χ3v) is 4.16. The Morgan fingerprint density at radius 3 is 2.54 bits per heavy atom. The summed E-state index contributed by atoms with van der Waals surface area (Å²) in [5.74, 6) is 0.111. The molecule has 1 aliphatic rings. The zero-order chi connectivity index (χ0) is 18.1. The van der Waals surface area contributed by atoms with E-state index in [1.165, 1.54) is 11.1 Å². The van der Waals surface area contributed by atoms with E-state index in [1.54, 1.807) is 48.5 Å². The van der Waals surface area contributed by atoms with Crippen LogP contribution in [0.15, 0.2) is 76.7 Å². The third-order valence-electron chi connectivity index (χ3n) is 3.93. The van der Waals surface area contributed by atoms with Crippen LogP contribution >= 0.6 is 11.6 Å². The minimum Gasteiger partial charge on any atom is -0.457 e. The van der Waals surface area contributed by atoms with Gasteiger partial charge in [-0.05, 0) is 42.5 Å². The minimum atomic E-state index is -0.473. The highest BCUT2D eigenvalue weighted by Gasteiger charge is 2.34. The first-order chi connectivity index (χ1) is 12.6. The highest BCUT2D eigenvalue weighted by molar-refractivity contribution is 6.31. The van der Waals surface area contributed by atoms with Crippen LogP contribution in [0.25, 0.3) is 17.4 Å². The van der Waals surface area contributed by atoms with Crippen molar-refractivity contribution < 1.29 is 14.0 Å². The van der Waals surface area contributed by atoms with Crippen molar-refractivity contribution in [1.29, 1.82) is 0 Å². The van der Waals surface area contributed by atoms with Gasteiger partial charge in [-0.25, -0.2) is 5.01 Å². The van der Waals surface area contributed by atoms with Gasteiger partial charge in [0.15, 0.2) is 0 Å². The van der Waals surface area contributed by atoms with Crippen LogP contribution in [0.3, 0.4) is 0 Å². The standard InChI is InChI=1S/C20H13ClN2O3/c21-14-6-4-5-13(11-14)18-10-9-16(26-18)12-17-19(24)22-23(20(17)25)15-7-2-1-3-8-15/h1-12H,(H,22,24)/b17-12-. The fourth-order valence-corrected chi connectivity index (χ4v) is 2.88. The Morgan fingerprint density at radius 1 is 0.962 bits per heavy atom. The van der Waals surface area contributed by atoms with Crippen molar-refractivity contribution in [3.8, 4) is 11.3 Å². The average molecular weight is 365 g/mol. The topological polar surface area (TPSA) is 62.6 Å². The molecule has 1 aliphatic heterocycles. The lowest BCUT2D eigenvalue weighted by atomic mass is 10.2. The van der Waals surface area contributed by atoms with E-state index >= 15 is 0 Å². The summed E-state index contributed by atoms with van der Waals surface area (Å²) in [5.41, 5.74) is 3.97. The molecule has 1 aromatic heterocycles. The van der Waals surface area contributed by atoms with E-state index in [0.717, 1.165) is 5.56 Å². The molecule has 3 aromatic rings. The van der Waals surface area contributed by atoms with Gasteiger partial charge in [0, 0.05) is 10.6 Å². The molecule has 128 valence electrons. The largest absolute Gasteiger partial charge is 0.457 e. The average Bonchev–Trinajstić information content (AvgIpc) is 3.23. The zero-order valence-electron chi connectivity index (χ0n) is 13.5. The zero-order valence-corrected chi connectivity index (χ0v) is 14.2. The van der Waals surface area contributed by atoms with Gasteiger partial charge >= 0.3 is 0 Å². The number of furan rings is 1. The molecule has 0 aliphatic carbocycles. The summed E-state index contributed by atoms with van der Waals surface area (Å²) >= 11 is 5.99. The molecule has 0 bridgehead atoms. The number of amides is 2. The van der Waals surface area contributed by atoms with E-state index < -0.39 is 11.8 Å². The number of benzene rings is 2. The Morgan fingerprint density at radius 2 is 1.77 bits per heavy atom. The van der Waals surface area contributed by atoms with Gasteiger partial charge in [-0.3, -0.25) is 15.0 Å². The van der Waals surface area contributed by atoms with Crippen LogP contribution in [0, 0.1) is 0 Å². The predicted molar refractivity (Wildman–Crippen MR) is 99.2 cm³/mol. The van der Waals surface area contributed by atoms with Crippen molar-refractivity contribution >= 4 is 35.2 Å². The summed E-state index contributed by atoms with van der Waals surface area (Å²) in [6, 6.07) is 19.6. The number of nitrogens with one attached hydrogen (secondary N) is 1. The number of hydrazine groups is 1. The normalized spacial score (nSPS) is 15.6. The monoisotopic (exact) mass is 364 g/mol. The van der Waals surface area contributed by atoms with E-state index in [-0.39, 0.29) is 5.57 Å². The number of para-hydroxylation sites is 1. The highest BCUT2D eigenvalue weighted by atomic mass is 35.5. The molecule has 2 aromatic carbocycles. The number of anilines is 1.